The number of aryl methyl sites for hydroxylation is 1. The fourth-order valence-corrected chi connectivity index (χ4v) is 2.50. The first-order valence-electron chi connectivity index (χ1n) is 8.23. The van der Waals surface area contributed by atoms with Gasteiger partial charge >= 0.3 is 0 Å². The maximum atomic E-state index is 13.0. The molecule has 1 aromatic heterocycles. The molecule has 2 aromatic carbocycles. The molecule has 0 bridgehead atoms. The first kappa shape index (κ1) is 17.8. The van der Waals surface area contributed by atoms with Gasteiger partial charge < -0.3 is 9.84 Å². The second-order valence-electron chi connectivity index (χ2n) is 6.03. The highest BCUT2D eigenvalue weighted by molar-refractivity contribution is 5.57. The lowest BCUT2D eigenvalue weighted by molar-refractivity contribution is 0.0880. The topological polar surface area (TPSA) is 64.3 Å². The molecule has 134 valence electrons. The number of halogens is 1. The molecule has 0 aliphatic heterocycles. The smallest absolute Gasteiger partial charge is 0.266 e. The van der Waals surface area contributed by atoms with Gasteiger partial charge in [-0.2, -0.15) is 5.10 Å². The van der Waals surface area contributed by atoms with E-state index in [0.717, 1.165) is 5.56 Å². The van der Waals surface area contributed by atoms with Gasteiger partial charge in [-0.05, 0) is 55.0 Å². The zero-order valence-electron chi connectivity index (χ0n) is 14.3. The van der Waals surface area contributed by atoms with Gasteiger partial charge in [0.15, 0.2) is 0 Å². The van der Waals surface area contributed by atoms with Crippen LogP contribution in [0.1, 0.15) is 5.56 Å². The molecule has 5 nitrogen and oxygen atoms in total. The monoisotopic (exact) mass is 354 g/mol. The predicted molar refractivity (Wildman–Crippen MR) is 96.6 cm³/mol. The van der Waals surface area contributed by atoms with E-state index in [1.54, 1.807) is 24.3 Å². The van der Waals surface area contributed by atoms with Crippen molar-refractivity contribution in [3.63, 3.8) is 0 Å². The minimum atomic E-state index is -0.899. The van der Waals surface area contributed by atoms with Crippen LogP contribution in [0.5, 0.6) is 5.75 Å². The van der Waals surface area contributed by atoms with Crippen LogP contribution in [-0.2, 0) is 6.54 Å². The summed E-state index contributed by atoms with van der Waals surface area (Å²) >= 11 is 0. The van der Waals surface area contributed by atoms with Crippen LogP contribution in [0.25, 0.3) is 11.3 Å². The molecule has 6 heteroatoms. The van der Waals surface area contributed by atoms with Crippen LogP contribution in [0.2, 0.25) is 0 Å². The van der Waals surface area contributed by atoms with Crippen LogP contribution in [-0.4, -0.2) is 27.6 Å². The summed E-state index contributed by atoms with van der Waals surface area (Å²) in [6.45, 7) is 1.99. The number of aliphatic hydroxyl groups is 1. The van der Waals surface area contributed by atoms with E-state index in [1.165, 1.54) is 22.9 Å². The predicted octanol–water partition coefficient (Wildman–Crippen LogP) is 2.80. The van der Waals surface area contributed by atoms with Crippen LogP contribution in [0.15, 0.2) is 65.5 Å². The average Bonchev–Trinajstić information content (AvgIpc) is 2.63. The van der Waals surface area contributed by atoms with Gasteiger partial charge in [-0.25, -0.2) is 9.07 Å². The molecule has 1 unspecified atom stereocenters. The molecular formula is C20H19FN2O3. The molecule has 1 N–H and O–H groups in total. The van der Waals surface area contributed by atoms with Crippen molar-refractivity contribution in [2.45, 2.75) is 19.6 Å². The molecule has 0 saturated heterocycles. The minimum absolute atomic E-state index is 0.000314. The third kappa shape index (κ3) is 4.55. The summed E-state index contributed by atoms with van der Waals surface area (Å²) in [5.41, 5.74) is 1.94. The summed E-state index contributed by atoms with van der Waals surface area (Å²) in [6, 6.07) is 16.3. The van der Waals surface area contributed by atoms with E-state index >= 15 is 0 Å². The molecule has 0 radical (unpaired) electrons. The Morgan fingerprint density at radius 1 is 1.15 bits per heavy atom. The summed E-state index contributed by atoms with van der Waals surface area (Å²) in [5.74, 6) is 0.315. The Morgan fingerprint density at radius 2 is 1.92 bits per heavy atom. The number of ether oxygens (including phenoxy) is 1. The van der Waals surface area contributed by atoms with E-state index in [9.17, 15) is 14.3 Å². The first-order chi connectivity index (χ1) is 12.5. The Labute approximate surface area is 150 Å². The summed E-state index contributed by atoms with van der Waals surface area (Å²) in [7, 11) is 0. The lowest BCUT2D eigenvalue weighted by atomic mass is 10.1. The Morgan fingerprint density at radius 3 is 2.65 bits per heavy atom. The van der Waals surface area contributed by atoms with Gasteiger partial charge in [-0.1, -0.05) is 12.1 Å². The lowest BCUT2D eigenvalue weighted by Crippen LogP contribution is -2.31. The highest BCUT2D eigenvalue weighted by Crippen LogP contribution is 2.16. The Bertz CT molecular complexity index is 938. The van der Waals surface area contributed by atoms with Gasteiger partial charge in [0, 0.05) is 11.6 Å². The first-order valence-corrected chi connectivity index (χ1v) is 8.23. The van der Waals surface area contributed by atoms with Crippen molar-refractivity contribution in [2.75, 3.05) is 6.61 Å². The van der Waals surface area contributed by atoms with Crippen molar-refractivity contribution in [2.24, 2.45) is 0 Å². The second kappa shape index (κ2) is 7.93. The molecule has 1 atom stereocenters. The molecule has 26 heavy (non-hydrogen) atoms. The average molecular weight is 354 g/mol. The van der Waals surface area contributed by atoms with Crippen LogP contribution in [0.4, 0.5) is 4.39 Å². The van der Waals surface area contributed by atoms with Gasteiger partial charge in [0.1, 0.15) is 24.3 Å². The third-order valence-electron chi connectivity index (χ3n) is 3.82. The third-order valence-corrected chi connectivity index (χ3v) is 3.82. The molecule has 1 heterocycles. The number of hydrogen-bond acceptors (Lipinski definition) is 4. The molecule has 3 rings (SSSR count). The van der Waals surface area contributed by atoms with E-state index in [0.29, 0.717) is 17.0 Å². The fraction of sp³-hybridized carbons (Fsp3) is 0.200. The summed E-state index contributed by atoms with van der Waals surface area (Å²) in [4.78, 5) is 12.0. The molecule has 0 fully saturated rings. The van der Waals surface area contributed by atoms with Crippen molar-refractivity contribution in [3.05, 3.63) is 82.4 Å². The highest BCUT2D eigenvalue weighted by Gasteiger charge is 2.10. The van der Waals surface area contributed by atoms with Gasteiger partial charge in [-0.3, -0.25) is 4.79 Å². The highest BCUT2D eigenvalue weighted by atomic mass is 19.1. The molecule has 0 spiro atoms. The Hall–Kier alpha value is -2.99. The number of aromatic nitrogens is 2. The van der Waals surface area contributed by atoms with E-state index in [4.69, 9.17) is 4.74 Å². The number of rotatable bonds is 6. The van der Waals surface area contributed by atoms with Crippen molar-refractivity contribution in [1.29, 1.82) is 0 Å². The second-order valence-corrected chi connectivity index (χ2v) is 6.03. The number of benzene rings is 2. The molecule has 0 aliphatic carbocycles. The normalized spacial score (nSPS) is 12.0. The van der Waals surface area contributed by atoms with E-state index < -0.39 is 6.10 Å². The minimum Gasteiger partial charge on any atom is -0.491 e. The molecular weight excluding hydrogens is 335 g/mol. The summed E-state index contributed by atoms with van der Waals surface area (Å²) < 4.78 is 19.8. The van der Waals surface area contributed by atoms with Gasteiger partial charge in [-0.15, -0.1) is 0 Å². The summed E-state index contributed by atoms with van der Waals surface area (Å²) in [6.07, 6.45) is -0.899. The van der Waals surface area contributed by atoms with E-state index in [1.807, 2.05) is 25.1 Å². The fourth-order valence-electron chi connectivity index (χ4n) is 2.50. The molecule has 0 amide bonds. The Kier molecular flexibility index (Phi) is 5.43. The van der Waals surface area contributed by atoms with Crippen molar-refractivity contribution in [3.8, 4) is 17.0 Å². The maximum Gasteiger partial charge on any atom is 0.266 e. The molecule has 0 aliphatic rings. The molecule has 3 aromatic rings. The zero-order chi connectivity index (χ0) is 18.5. The largest absolute Gasteiger partial charge is 0.491 e. The van der Waals surface area contributed by atoms with Crippen LogP contribution in [0, 0.1) is 12.7 Å². The van der Waals surface area contributed by atoms with Crippen molar-refractivity contribution in [1.82, 2.24) is 9.78 Å². The number of aliphatic hydroxyl groups excluding tert-OH is 1. The number of nitrogens with zero attached hydrogens (tertiary/aromatic N) is 2. The van der Waals surface area contributed by atoms with Crippen molar-refractivity contribution < 1.29 is 14.2 Å². The van der Waals surface area contributed by atoms with Gasteiger partial charge in [0.2, 0.25) is 0 Å². The number of hydrogen-bond donors (Lipinski definition) is 1. The van der Waals surface area contributed by atoms with Gasteiger partial charge in [0.25, 0.3) is 5.56 Å². The van der Waals surface area contributed by atoms with E-state index in [-0.39, 0.29) is 24.5 Å². The van der Waals surface area contributed by atoms with E-state index in [2.05, 4.69) is 5.10 Å². The quantitative estimate of drug-likeness (QED) is 0.739. The maximum absolute atomic E-state index is 13.0. The summed E-state index contributed by atoms with van der Waals surface area (Å²) in [5, 5.41) is 14.4. The molecule has 0 saturated carbocycles. The van der Waals surface area contributed by atoms with Crippen LogP contribution < -0.4 is 10.3 Å². The SMILES string of the molecule is Cc1cccc(OCC(O)Cn2nc(-c3ccc(F)cc3)ccc2=O)c1. The van der Waals surface area contributed by atoms with Crippen LogP contribution in [0.3, 0.4) is 0 Å². The van der Waals surface area contributed by atoms with Crippen molar-refractivity contribution >= 4 is 0 Å². The lowest BCUT2D eigenvalue weighted by Gasteiger charge is -2.14. The Balaban J connectivity index is 1.69. The standard InChI is InChI=1S/C20H19FN2O3/c1-14-3-2-4-18(11-14)26-13-17(24)12-23-20(25)10-9-19(22-23)15-5-7-16(21)8-6-15/h2-11,17,24H,12-13H2,1H3. The zero-order valence-corrected chi connectivity index (χ0v) is 14.3. The van der Waals surface area contributed by atoms with Crippen LogP contribution >= 0.6 is 0 Å². The van der Waals surface area contributed by atoms with Gasteiger partial charge in [0.05, 0.1) is 12.2 Å².